The van der Waals surface area contributed by atoms with E-state index in [0.29, 0.717) is 23.3 Å². The van der Waals surface area contributed by atoms with Crippen LogP contribution < -0.4 is 10.9 Å². The molecule has 2 heterocycles. The first-order valence-electron chi connectivity index (χ1n) is 6.14. The van der Waals surface area contributed by atoms with Crippen LogP contribution in [0.2, 0.25) is 0 Å². The van der Waals surface area contributed by atoms with Gasteiger partial charge in [-0.05, 0) is 22.9 Å². The highest BCUT2D eigenvalue weighted by molar-refractivity contribution is 9.10. The van der Waals surface area contributed by atoms with Crippen LogP contribution in [0.4, 0.5) is 5.69 Å². The monoisotopic (exact) mass is 341 g/mol. The van der Waals surface area contributed by atoms with Crippen molar-refractivity contribution < 1.29 is 4.74 Å². The minimum Gasteiger partial charge on any atom is -0.383 e. The first kappa shape index (κ1) is 14.7. The van der Waals surface area contributed by atoms with Gasteiger partial charge in [-0.2, -0.15) is 5.10 Å². The summed E-state index contributed by atoms with van der Waals surface area (Å²) in [5.41, 5.74) is 0.436. The van der Waals surface area contributed by atoms with Gasteiger partial charge in [0, 0.05) is 19.5 Å². The van der Waals surface area contributed by atoms with E-state index in [1.54, 1.807) is 25.7 Å². The van der Waals surface area contributed by atoms with E-state index >= 15 is 0 Å². The summed E-state index contributed by atoms with van der Waals surface area (Å²) >= 11 is 3.31. The Morgan fingerprint density at radius 1 is 1.60 bits per heavy atom. The van der Waals surface area contributed by atoms with Gasteiger partial charge in [0.15, 0.2) is 0 Å². The van der Waals surface area contributed by atoms with Crippen LogP contribution in [0.25, 0.3) is 0 Å². The Morgan fingerprint density at radius 3 is 3.05 bits per heavy atom. The maximum atomic E-state index is 12.1. The van der Waals surface area contributed by atoms with Crippen LogP contribution in [-0.4, -0.2) is 33.5 Å². The topological polar surface area (TPSA) is 84.8 Å². The van der Waals surface area contributed by atoms with E-state index in [1.807, 2.05) is 6.92 Å². The number of hydrogen-bond acceptors (Lipinski definition) is 5. The van der Waals surface area contributed by atoms with Crippen LogP contribution in [0.1, 0.15) is 18.8 Å². The third-order valence-corrected chi connectivity index (χ3v) is 3.56. The standard InChI is InChI=1S/C12H16BrN5O2/c1-8(11-14-3-4-15-11)17-9-7-16-18(5-6-20-2)12(19)10(9)13/h3-4,7-8,17H,5-6H2,1-2H3,(H,14,15). The van der Waals surface area contributed by atoms with Gasteiger partial charge in [0.25, 0.3) is 5.56 Å². The molecule has 2 rings (SSSR count). The molecule has 2 aromatic heterocycles. The van der Waals surface area contributed by atoms with Crippen molar-refractivity contribution in [3.05, 3.63) is 39.2 Å². The van der Waals surface area contributed by atoms with Gasteiger partial charge in [0.2, 0.25) is 0 Å². The smallest absolute Gasteiger partial charge is 0.283 e. The Bertz CT molecular complexity index is 611. The second kappa shape index (κ2) is 6.67. The van der Waals surface area contributed by atoms with Gasteiger partial charge in [0.05, 0.1) is 31.1 Å². The number of halogens is 1. The molecule has 20 heavy (non-hydrogen) atoms. The van der Waals surface area contributed by atoms with Gasteiger partial charge in [0.1, 0.15) is 10.3 Å². The largest absolute Gasteiger partial charge is 0.383 e. The summed E-state index contributed by atoms with van der Waals surface area (Å²) in [7, 11) is 1.58. The van der Waals surface area contributed by atoms with Crippen LogP contribution in [0, 0.1) is 0 Å². The van der Waals surface area contributed by atoms with Crippen molar-refractivity contribution in [2.45, 2.75) is 19.5 Å². The maximum Gasteiger partial charge on any atom is 0.283 e. The minimum absolute atomic E-state index is 0.0580. The van der Waals surface area contributed by atoms with Gasteiger partial charge in [-0.3, -0.25) is 4.79 Å². The Labute approximate surface area is 124 Å². The lowest BCUT2D eigenvalue weighted by atomic mass is 10.3. The highest BCUT2D eigenvalue weighted by atomic mass is 79.9. The van der Waals surface area contributed by atoms with Gasteiger partial charge in [-0.1, -0.05) is 0 Å². The van der Waals surface area contributed by atoms with Gasteiger partial charge in [-0.25, -0.2) is 9.67 Å². The Morgan fingerprint density at radius 2 is 2.40 bits per heavy atom. The molecule has 1 unspecified atom stereocenters. The molecule has 0 bridgehead atoms. The molecule has 0 aliphatic carbocycles. The van der Waals surface area contributed by atoms with Crippen molar-refractivity contribution >= 4 is 21.6 Å². The second-order valence-electron chi connectivity index (χ2n) is 4.23. The molecule has 108 valence electrons. The summed E-state index contributed by atoms with van der Waals surface area (Å²) in [4.78, 5) is 19.3. The molecule has 0 saturated heterocycles. The molecule has 0 saturated carbocycles. The number of aromatic amines is 1. The molecular formula is C12H16BrN5O2. The average Bonchev–Trinajstić information content (AvgIpc) is 2.97. The number of methoxy groups -OCH3 is 1. The Balaban J connectivity index is 2.17. The number of ether oxygens (including phenoxy) is 1. The third kappa shape index (κ3) is 3.26. The summed E-state index contributed by atoms with van der Waals surface area (Å²) in [6.07, 6.45) is 5.05. The number of anilines is 1. The predicted molar refractivity (Wildman–Crippen MR) is 78.7 cm³/mol. The van der Waals surface area contributed by atoms with E-state index in [4.69, 9.17) is 4.74 Å². The van der Waals surface area contributed by atoms with E-state index in [2.05, 4.69) is 36.3 Å². The van der Waals surface area contributed by atoms with Crippen molar-refractivity contribution in [3.63, 3.8) is 0 Å². The summed E-state index contributed by atoms with van der Waals surface area (Å²) in [6, 6.07) is -0.0580. The van der Waals surface area contributed by atoms with Crippen molar-refractivity contribution in [1.82, 2.24) is 19.7 Å². The van der Waals surface area contributed by atoms with Crippen molar-refractivity contribution in [3.8, 4) is 0 Å². The third-order valence-electron chi connectivity index (χ3n) is 2.79. The molecule has 7 nitrogen and oxygen atoms in total. The lowest BCUT2D eigenvalue weighted by molar-refractivity contribution is 0.181. The molecule has 0 radical (unpaired) electrons. The predicted octanol–water partition coefficient (Wildman–Crippen LogP) is 1.55. The SMILES string of the molecule is COCCn1ncc(NC(C)c2ncc[nH]2)c(Br)c1=O. The second-order valence-corrected chi connectivity index (χ2v) is 5.03. The molecule has 1 atom stereocenters. The summed E-state index contributed by atoms with van der Waals surface area (Å²) < 4.78 is 6.75. The fourth-order valence-electron chi connectivity index (χ4n) is 1.72. The zero-order chi connectivity index (χ0) is 14.5. The van der Waals surface area contributed by atoms with E-state index in [-0.39, 0.29) is 11.6 Å². The Hall–Kier alpha value is -1.67. The summed E-state index contributed by atoms with van der Waals surface area (Å²) in [5, 5.41) is 7.30. The molecule has 0 aromatic carbocycles. The van der Waals surface area contributed by atoms with Crippen molar-refractivity contribution in [2.24, 2.45) is 0 Å². The maximum absolute atomic E-state index is 12.1. The number of aromatic nitrogens is 4. The number of nitrogens with zero attached hydrogens (tertiary/aromatic N) is 3. The minimum atomic E-state index is -0.196. The highest BCUT2D eigenvalue weighted by Crippen LogP contribution is 2.21. The average molecular weight is 342 g/mol. The van der Waals surface area contributed by atoms with Gasteiger partial charge in [-0.15, -0.1) is 0 Å². The zero-order valence-electron chi connectivity index (χ0n) is 11.3. The van der Waals surface area contributed by atoms with Crippen LogP contribution in [0.5, 0.6) is 0 Å². The van der Waals surface area contributed by atoms with Gasteiger partial charge >= 0.3 is 0 Å². The van der Waals surface area contributed by atoms with Gasteiger partial charge < -0.3 is 15.0 Å². The van der Waals surface area contributed by atoms with Crippen LogP contribution >= 0.6 is 15.9 Å². The highest BCUT2D eigenvalue weighted by Gasteiger charge is 2.13. The molecule has 0 fully saturated rings. The molecule has 0 spiro atoms. The lowest BCUT2D eigenvalue weighted by Crippen LogP contribution is -2.26. The molecular weight excluding hydrogens is 326 g/mol. The van der Waals surface area contributed by atoms with Crippen LogP contribution in [0.15, 0.2) is 27.9 Å². The number of nitrogens with one attached hydrogen (secondary N) is 2. The van der Waals surface area contributed by atoms with Crippen molar-refractivity contribution in [2.75, 3.05) is 19.0 Å². The number of imidazole rings is 1. The fourth-order valence-corrected chi connectivity index (χ4v) is 2.14. The first-order valence-corrected chi connectivity index (χ1v) is 6.93. The van der Waals surface area contributed by atoms with Crippen LogP contribution in [-0.2, 0) is 11.3 Å². The van der Waals surface area contributed by atoms with E-state index in [9.17, 15) is 4.79 Å². The molecule has 8 heteroatoms. The van der Waals surface area contributed by atoms with E-state index < -0.39 is 0 Å². The molecule has 0 amide bonds. The fraction of sp³-hybridized carbons (Fsp3) is 0.417. The van der Waals surface area contributed by atoms with E-state index in [1.165, 1.54) is 4.68 Å². The molecule has 2 aromatic rings. The summed E-state index contributed by atoms with van der Waals surface area (Å²) in [6.45, 7) is 2.80. The molecule has 0 aliphatic rings. The Kier molecular flexibility index (Phi) is 4.91. The number of H-pyrrole nitrogens is 1. The zero-order valence-corrected chi connectivity index (χ0v) is 12.8. The normalized spacial score (nSPS) is 12.3. The molecule has 0 aliphatic heterocycles. The van der Waals surface area contributed by atoms with E-state index in [0.717, 1.165) is 5.82 Å². The number of rotatable bonds is 6. The number of hydrogen-bond donors (Lipinski definition) is 2. The molecule has 2 N–H and O–H groups in total. The first-order chi connectivity index (χ1) is 9.63. The van der Waals surface area contributed by atoms with Crippen LogP contribution in [0.3, 0.4) is 0 Å². The quantitative estimate of drug-likeness (QED) is 0.832. The van der Waals surface area contributed by atoms with Crippen molar-refractivity contribution in [1.29, 1.82) is 0 Å². The lowest BCUT2D eigenvalue weighted by Gasteiger charge is -2.14. The summed E-state index contributed by atoms with van der Waals surface area (Å²) in [5.74, 6) is 0.792.